The van der Waals surface area contributed by atoms with Crippen LogP contribution < -0.4 is 20.7 Å². The molecule has 0 bridgehead atoms. The first kappa shape index (κ1) is 28.6. The lowest BCUT2D eigenvalue weighted by molar-refractivity contribution is -0.117. The number of ether oxygens (including phenoxy) is 1. The number of pyridine rings is 1. The van der Waals surface area contributed by atoms with Crippen LogP contribution in [-0.2, 0) is 11.3 Å². The molecule has 0 saturated heterocycles. The number of para-hydroxylation sites is 1. The Morgan fingerprint density at radius 1 is 1.07 bits per heavy atom. The average molecular weight is 587 g/mol. The van der Waals surface area contributed by atoms with E-state index in [2.05, 4.69) is 36.1 Å². The summed E-state index contributed by atoms with van der Waals surface area (Å²) in [5.41, 5.74) is 2.69. The molecule has 1 aromatic carbocycles. The molecule has 216 valence electrons. The number of thiazole rings is 1. The fourth-order valence-corrected chi connectivity index (χ4v) is 5.14. The van der Waals surface area contributed by atoms with Crippen LogP contribution in [0.4, 0.5) is 17.2 Å². The number of hydrogen-bond donors (Lipinski definition) is 3. The number of benzene rings is 1. The molecule has 3 amide bonds. The van der Waals surface area contributed by atoms with Crippen molar-refractivity contribution in [2.45, 2.75) is 26.3 Å². The Morgan fingerprint density at radius 2 is 1.88 bits per heavy atom. The molecule has 1 aliphatic carbocycles. The van der Waals surface area contributed by atoms with Gasteiger partial charge in [0.05, 0.1) is 30.0 Å². The molecular weight excluding hydrogens is 556 g/mol. The molecule has 3 N–H and O–H groups in total. The van der Waals surface area contributed by atoms with Crippen molar-refractivity contribution in [1.82, 2.24) is 30.4 Å². The number of nitrogens with one attached hydrogen (secondary N) is 3. The molecule has 1 fully saturated rings. The first-order chi connectivity index (χ1) is 20.3. The van der Waals surface area contributed by atoms with Crippen LogP contribution in [0.2, 0.25) is 0 Å². The van der Waals surface area contributed by atoms with Gasteiger partial charge in [0.15, 0.2) is 11.5 Å². The van der Waals surface area contributed by atoms with Crippen molar-refractivity contribution in [3.8, 4) is 16.9 Å². The quantitative estimate of drug-likeness (QED) is 0.250. The largest absolute Gasteiger partial charge is 0.494 e. The van der Waals surface area contributed by atoms with Crippen LogP contribution >= 0.6 is 11.3 Å². The number of rotatable bonds is 10. The van der Waals surface area contributed by atoms with E-state index in [4.69, 9.17) is 4.74 Å². The topological polar surface area (TPSA) is 151 Å². The number of carbonyl (C=O) groups excluding carboxylic acids is 3. The van der Waals surface area contributed by atoms with E-state index in [-0.39, 0.29) is 29.2 Å². The molecule has 12 nitrogen and oxygen atoms in total. The number of nitrogens with zero attached hydrogens (tertiary/aromatic N) is 5. The Balaban J connectivity index is 1.39. The molecular formula is C29H30N8O4S. The second kappa shape index (κ2) is 12.3. The number of methoxy groups -OCH3 is 1. The maximum Gasteiger partial charge on any atom is 0.273 e. The molecule has 3 aromatic heterocycles. The van der Waals surface area contributed by atoms with Crippen LogP contribution in [0.25, 0.3) is 11.1 Å². The van der Waals surface area contributed by atoms with E-state index >= 15 is 0 Å². The number of hydrogen-bond acceptors (Lipinski definition) is 10. The number of amides is 3. The zero-order chi connectivity index (χ0) is 29.8. The normalized spacial score (nSPS) is 12.4. The van der Waals surface area contributed by atoms with Crippen LogP contribution in [0, 0.1) is 12.8 Å². The second-order valence-corrected chi connectivity index (χ2v) is 11.1. The van der Waals surface area contributed by atoms with Gasteiger partial charge in [0.1, 0.15) is 11.4 Å². The highest BCUT2D eigenvalue weighted by molar-refractivity contribution is 7.11. The highest BCUT2D eigenvalue weighted by Crippen LogP contribution is 2.38. The number of aromatic nitrogens is 4. The van der Waals surface area contributed by atoms with Crippen molar-refractivity contribution < 1.29 is 19.1 Å². The molecule has 1 saturated carbocycles. The van der Waals surface area contributed by atoms with Crippen LogP contribution in [0.15, 0.2) is 48.8 Å². The minimum Gasteiger partial charge on any atom is -0.494 e. The Labute approximate surface area is 246 Å². The first-order valence-electron chi connectivity index (χ1n) is 13.2. The molecule has 3 heterocycles. The maximum absolute atomic E-state index is 13.0. The van der Waals surface area contributed by atoms with E-state index in [1.807, 2.05) is 25.1 Å². The fourth-order valence-electron chi connectivity index (χ4n) is 4.29. The van der Waals surface area contributed by atoms with Gasteiger partial charge < -0.3 is 25.6 Å². The van der Waals surface area contributed by atoms with Crippen molar-refractivity contribution in [2.24, 2.45) is 5.92 Å². The highest BCUT2D eigenvalue weighted by Gasteiger charge is 2.30. The summed E-state index contributed by atoms with van der Waals surface area (Å²) in [5, 5.41) is 17.6. The van der Waals surface area contributed by atoms with E-state index < -0.39 is 5.91 Å². The standard InChI is InChI=1S/C29H30N8O4S/c1-16-31-14-19(42-16)15-37(3)29(40)22-11-10-18(13-32-22)20-6-5-7-21(26(20)41-4)33-23-12-24(34-27(38)17-8-9-17)35-36-25(23)28(39)30-2/h5-7,10-14,17H,8-9,15H2,1-4H3,(H,30,39)(H2,33,34,35,38). The van der Waals surface area contributed by atoms with E-state index in [1.54, 1.807) is 53.9 Å². The predicted molar refractivity (Wildman–Crippen MR) is 159 cm³/mol. The molecule has 0 spiro atoms. The molecule has 13 heteroatoms. The lowest BCUT2D eigenvalue weighted by atomic mass is 10.0. The van der Waals surface area contributed by atoms with Crippen molar-refractivity contribution in [2.75, 3.05) is 31.8 Å². The summed E-state index contributed by atoms with van der Waals surface area (Å²) >= 11 is 1.55. The molecule has 0 radical (unpaired) electrons. The summed E-state index contributed by atoms with van der Waals surface area (Å²) in [7, 11) is 4.77. The van der Waals surface area contributed by atoms with Gasteiger partial charge in [-0.2, -0.15) is 0 Å². The van der Waals surface area contributed by atoms with Crippen molar-refractivity contribution in [3.05, 3.63) is 70.1 Å². The Morgan fingerprint density at radius 3 is 2.52 bits per heavy atom. The van der Waals surface area contributed by atoms with Gasteiger partial charge in [-0.25, -0.2) is 4.98 Å². The van der Waals surface area contributed by atoms with E-state index in [0.717, 1.165) is 28.3 Å². The fraction of sp³-hybridized carbons (Fsp3) is 0.276. The van der Waals surface area contributed by atoms with Crippen LogP contribution in [-0.4, -0.2) is 64.0 Å². The third-order valence-corrected chi connectivity index (χ3v) is 7.52. The van der Waals surface area contributed by atoms with Gasteiger partial charge in [0, 0.05) is 54.5 Å². The summed E-state index contributed by atoms with van der Waals surface area (Å²) in [5.74, 6) is -0.0680. The second-order valence-electron chi connectivity index (χ2n) is 9.78. The monoisotopic (exact) mass is 586 g/mol. The molecule has 0 unspecified atom stereocenters. The Bertz CT molecular complexity index is 1640. The van der Waals surface area contributed by atoms with Crippen molar-refractivity contribution in [3.63, 3.8) is 0 Å². The van der Waals surface area contributed by atoms with Crippen LogP contribution in [0.1, 0.15) is 43.7 Å². The molecule has 1 aliphatic rings. The summed E-state index contributed by atoms with van der Waals surface area (Å²) in [4.78, 5) is 49.1. The summed E-state index contributed by atoms with van der Waals surface area (Å²) < 4.78 is 5.77. The smallest absolute Gasteiger partial charge is 0.273 e. The van der Waals surface area contributed by atoms with E-state index in [0.29, 0.717) is 34.9 Å². The van der Waals surface area contributed by atoms with Gasteiger partial charge in [-0.3, -0.25) is 19.4 Å². The van der Waals surface area contributed by atoms with Gasteiger partial charge >= 0.3 is 0 Å². The predicted octanol–water partition coefficient (Wildman–Crippen LogP) is 4.04. The zero-order valence-corrected chi connectivity index (χ0v) is 24.4. The lowest BCUT2D eigenvalue weighted by Gasteiger charge is -2.18. The molecule has 5 rings (SSSR count). The number of anilines is 3. The van der Waals surface area contributed by atoms with Gasteiger partial charge in [-0.1, -0.05) is 18.2 Å². The molecule has 42 heavy (non-hydrogen) atoms. The highest BCUT2D eigenvalue weighted by atomic mass is 32.1. The number of carbonyl (C=O) groups is 3. The molecule has 0 aliphatic heterocycles. The van der Waals surface area contributed by atoms with E-state index in [9.17, 15) is 14.4 Å². The Hall–Kier alpha value is -4.91. The summed E-state index contributed by atoms with van der Waals surface area (Å²) in [6.45, 7) is 2.37. The van der Waals surface area contributed by atoms with E-state index in [1.165, 1.54) is 14.2 Å². The first-order valence-corrected chi connectivity index (χ1v) is 14.1. The third kappa shape index (κ3) is 6.36. The molecule has 4 aromatic rings. The van der Waals surface area contributed by atoms with Crippen LogP contribution in [0.3, 0.4) is 0 Å². The Kier molecular flexibility index (Phi) is 8.38. The SMILES string of the molecule is CNC(=O)c1nnc(NC(=O)C2CC2)cc1Nc1cccc(-c2ccc(C(=O)N(C)Cc3cnc(C)s3)nc2)c1OC. The van der Waals surface area contributed by atoms with Gasteiger partial charge in [-0.05, 0) is 31.9 Å². The average Bonchev–Trinajstić information content (AvgIpc) is 3.78. The summed E-state index contributed by atoms with van der Waals surface area (Å²) in [6, 6.07) is 10.5. The molecule has 0 atom stereocenters. The summed E-state index contributed by atoms with van der Waals surface area (Å²) in [6.07, 6.45) is 5.09. The van der Waals surface area contributed by atoms with Gasteiger partial charge in [-0.15, -0.1) is 21.5 Å². The zero-order valence-electron chi connectivity index (χ0n) is 23.6. The van der Waals surface area contributed by atoms with Crippen LogP contribution in [0.5, 0.6) is 5.75 Å². The maximum atomic E-state index is 13.0. The van der Waals surface area contributed by atoms with Gasteiger partial charge in [0.2, 0.25) is 5.91 Å². The lowest BCUT2D eigenvalue weighted by Crippen LogP contribution is -2.26. The van der Waals surface area contributed by atoms with Gasteiger partial charge in [0.25, 0.3) is 11.8 Å². The number of aryl methyl sites for hydroxylation is 1. The van der Waals surface area contributed by atoms with Crippen molar-refractivity contribution in [1.29, 1.82) is 0 Å². The minimum atomic E-state index is -0.444. The minimum absolute atomic E-state index is 0.0168. The third-order valence-electron chi connectivity index (χ3n) is 6.63. The van der Waals surface area contributed by atoms with Crippen molar-refractivity contribution >= 4 is 46.3 Å².